The summed E-state index contributed by atoms with van der Waals surface area (Å²) in [6.45, 7) is 1.09. The molecule has 3 N–H and O–H groups in total. The number of nitrogens with one attached hydrogen (secondary N) is 1. The quantitative estimate of drug-likeness (QED) is 0.842. The first-order valence-corrected chi connectivity index (χ1v) is 6.94. The number of nitrogens with zero attached hydrogens (tertiary/aromatic N) is 1. The second kappa shape index (κ2) is 6.52. The smallest absolute Gasteiger partial charge is 0.251 e. The lowest BCUT2D eigenvalue weighted by atomic mass is 10.0. The highest BCUT2D eigenvalue weighted by Gasteiger charge is 2.24. The number of carbonyl (C=O) groups is 2. The van der Waals surface area contributed by atoms with E-state index < -0.39 is 0 Å². The van der Waals surface area contributed by atoms with Gasteiger partial charge in [0.1, 0.15) is 0 Å². The van der Waals surface area contributed by atoms with E-state index in [4.69, 9.17) is 5.73 Å². The van der Waals surface area contributed by atoms with Crippen molar-refractivity contribution in [3.8, 4) is 0 Å². The lowest BCUT2D eigenvalue weighted by Crippen LogP contribution is -2.48. The van der Waals surface area contributed by atoms with Crippen LogP contribution < -0.4 is 11.1 Å². The van der Waals surface area contributed by atoms with Crippen LogP contribution in [0.1, 0.15) is 28.8 Å². The highest BCUT2D eigenvalue weighted by molar-refractivity contribution is 5.96. The summed E-state index contributed by atoms with van der Waals surface area (Å²) in [6, 6.07) is 7.53. The Hall–Kier alpha value is -1.88. The number of carbonyl (C=O) groups excluding carboxylic acids is 2. The van der Waals surface area contributed by atoms with Crippen LogP contribution in [0.3, 0.4) is 0 Å². The largest absolute Gasteiger partial charge is 0.348 e. The first-order chi connectivity index (χ1) is 9.61. The van der Waals surface area contributed by atoms with Gasteiger partial charge >= 0.3 is 0 Å². The molecule has 5 heteroatoms. The van der Waals surface area contributed by atoms with Gasteiger partial charge in [-0.25, -0.2) is 0 Å². The minimum Gasteiger partial charge on any atom is -0.348 e. The fourth-order valence-corrected chi connectivity index (χ4v) is 2.51. The molecular formula is C15H21N3O2. The van der Waals surface area contributed by atoms with E-state index in [-0.39, 0.29) is 17.9 Å². The predicted molar refractivity (Wildman–Crippen MR) is 77.3 cm³/mol. The van der Waals surface area contributed by atoms with Crippen LogP contribution in [0.25, 0.3) is 0 Å². The number of likely N-dealkylation sites (N-methyl/N-ethyl adjacent to an activating group) is 1. The Morgan fingerprint density at radius 1 is 1.45 bits per heavy atom. The molecule has 0 saturated carbocycles. The standard InChI is InChI=1S/C15H21N3O2/c1-18-10-12(6-7-14(18)19)17-15(20)13-5-3-2-4-11(13)8-9-16/h2-5,12H,6-10,16H2,1H3,(H,17,20). The first kappa shape index (κ1) is 14.5. The number of piperidine rings is 1. The van der Waals surface area contributed by atoms with E-state index in [1.807, 2.05) is 24.3 Å². The zero-order chi connectivity index (χ0) is 14.5. The molecular weight excluding hydrogens is 254 g/mol. The zero-order valence-corrected chi connectivity index (χ0v) is 11.8. The SMILES string of the molecule is CN1CC(NC(=O)c2ccccc2CCN)CCC1=O. The van der Waals surface area contributed by atoms with Crippen molar-refractivity contribution in [1.82, 2.24) is 10.2 Å². The van der Waals surface area contributed by atoms with E-state index in [1.54, 1.807) is 11.9 Å². The average Bonchev–Trinajstić information content (AvgIpc) is 2.44. The van der Waals surface area contributed by atoms with Crippen molar-refractivity contribution in [3.63, 3.8) is 0 Å². The Morgan fingerprint density at radius 3 is 2.90 bits per heavy atom. The third kappa shape index (κ3) is 3.36. The van der Waals surface area contributed by atoms with Crippen LogP contribution in [0, 0.1) is 0 Å². The third-order valence-electron chi connectivity index (χ3n) is 3.64. The lowest BCUT2D eigenvalue weighted by Gasteiger charge is -2.30. The van der Waals surface area contributed by atoms with Gasteiger partial charge in [0, 0.05) is 31.6 Å². The molecule has 1 aliphatic rings. The van der Waals surface area contributed by atoms with Crippen molar-refractivity contribution >= 4 is 11.8 Å². The Labute approximate surface area is 119 Å². The van der Waals surface area contributed by atoms with Gasteiger partial charge in [0.15, 0.2) is 0 Å². The van der Waals surface area contributed by atoms with Crippen LogP contribution in [-0.2, 0) is 11.2 Å². The van der Waals surface area contributed by atoms with Crippen LogP contribution in [0.5, 0.6) is 0 Å². The van der Waals surface area contributed by atoms with Crippen LogP contribution in [0.4, 0.5) is 0 Å². The number of rotatable bonds is 4. The molecule has 20 heavy (non-hydrogen) atoms. The van der Waals surface area contributed by atoms with Crippen molar-refractivity contribution in [2.75, 3.05) is 20.1 Å². The van der Waals surface area contributed by atoms with E-state index in [9.17, 15) is 9.59 Å². The summed E-state index contributed by atoms with van der Waals surface area (Å²) in [4.78, 5) is 25.4. The van der Waals surface area contributed by atoms with Crippen LogP contribution in [-0.4, -0.2) is 42.9 Å². The maximum absolute atomic E-state index is 12.3. The molecule has 0 radical (unpaired) electrons. The molecule has 108 valence electrons. The summed E-state index contributed by atoms with van der Waals surface area (Å²) in [5, 5.41) is 3.01. The fraction of sp³-hybridized carbons (Fsp3) is 0.467. The molecule has 5 nitrogen and oxygen atoms in total. The molecule has 1 saturated heterocycles. The number of hydrogen-bond donors (Lipinski definition) is 2. The van der Waals surface area contributed by atoms with Crippen molar-refractivity contribution in [1.29, 1.82) is 0 Å². The van der Waals surface area contributed by atoms with Crippen molar-refractivity contribution in [3.05, 3.63) is 35.4 Å². The zero-order valence-electron chi connectivity index (χ0n) is 11.8. The molecule has 1 atom stereocenters. The molecule has 0 aliphatic carbocycles. The number of benzene rings is 1. The summed E-state index contributed by atoms with van der Waals surface area (Å²) in [7, 11) is 1.77. The van der Waals surface area contributed by atoms with E-state index in [2.05, 4.69) is 5.32 Å². The fourth-order valence-electron chi connectivity index (χ4n) is 2.51. The van der Waals surface area contributed by atoms with E-state index in [0.717, 1.165) is 5.56 Å². The third-order valence-corrected chi connectivity index (χ3v) is 3.64. The average molecular weight is 275 g/mol. The number of likely N-dealkylation sites (tertiary alicyclic amines) is 1. The first-order valence-electron chi connectivity index (χ1n) is 6.94. The van der Waals surface area contributed by atoms with Gasteiger partial charge < -0.3 is 16.0 Å². The topological polar surface area (TPSA) is 75.4 Å². The molecule has 0 spiro atoms. The van der Waals surface area contributed by atoms with Gasteiger partial charge in [-0.2, -0.15) is 0 Å². The summed E-state index contributed by atoms with van der Waals surface area (Å²) in [5.74, 6) is 0.0563. The second-order valence-corrected chi connectivity index (χ2v) is 5.18. The monoisotopic (exact) mass is 275 g/mol. The minimum atomic E-state index is -0.0817. The Bertz CT molecular complexity index is 502. The van der Waals surface area contributed by atoms with Gasteiger partial charge in [0.25, 0.3) is 5.91 Å². The van der Waals surface area contributed by atoms with Gasteiger partial charge in [0.05, 0.1) is 0 Å². The second-order valence-electron chi connectivity index (χ2n) is 5.18. The van der Waals surface area contributed by atoms with E-state index in [1.165, 1.54) is 0 Å². The highest BCUT2D eigenvalue weighted by Crippen LogP contribution is 2.13. The molecule has 1 fully saturated rings. The minimum absolute atomic E-state index is 0.0242. The Kier molecular flexibility index (Phi) is 4.74. The predicted octanol–water partition coefficient (Wildman–Crippen LogP) is 0.538. The molecule has 1 unspecified atom stereocenters. The van der Waals surface area contributed by atoms with Crippen molar-refractivity contribution in [2.24, 2.45) is 5.73 Å². The molecule has 0 bridgehead atoms. The van der Waals surface area contributed by atoms with Crippen molar-refractivity contribution < 1.29 is 9.59 Å². The lowest BCUT2D eigenvalue weighted by molar-refractivity contribution is -0.132. The summed E-state index contributed by atoms with van der Waals surface area (Å²) >= 11 is 0. The van der Waals surface area contributed by atoms with Crippen LogP contribution in [0.15, 0.2) is 24.3 Å². The molecule has 2 amide bonds. The van der Waals surface area contributed by atoms with E-state index >= 15 is 0 Å². The van der Waals surface area contributed by atoms with Crippen molar-refractivity contribution in [2.45, 2.75) is 25.3 Å². The van der Waals surface area contributed by atoms with Gasteiger partial charge in [-0.15, -0.1) is 0 Å². The molecule has 0 aromatic heterocycles. The molecule has 1 aromatic rings. The Morgan fingerprint density at radius 2 is 2.20 bits per heavy atom. The maximum atomic E-state index is 12.3. The molecule has 2 rings (SSSR count). The van der Waals surface area contributed by atoms with Gasteiger partial charge in [-0.1, -0.05) is 18.2 Å². The summed E-state index contributed by atoms with van der Waals surface area (Å²) in [6.07, 6.45) is 1.88. The molecule has 1 aliphatic heterocycles. The maximum Gasteiger partial charge on any atom is 0.251 e. The number of hydrogen-bond acceptors (Lipinski definition) is 3. The van der Waals surface area contributed by atoms with Crippen LogP contribution >= 0.6 is 0 Å². The highest BCUT2D eigenvalue weighted by atomic mass is 16.2. The van der Waals surface area contributed by atoms with Gasteiger partial charge in [-0.3, -0.25) is 9.59 Å². The molecule has 1 heterocycles. The number of nitrogens with two attached hydrogens (primary N) is 1. The summed E-state index contributed by atoms with van der Waals surface area (Å²) < 4.78 is 0. The van der Waals surface area contributed by atoms with Gasteiger partial charge in [-0.05, 0) is 31.0 Å². The normalized spacial score (nSPS) is 19.0. The molecule has 1 aromatic carbocycles. The Balaban J connectivity index is 2.03. The van der Waals surface area contributed by atoms with E-state index in [0.29, 0.717) is 37.9 Å². The number of amides is 2. The van der Waals surface area contributed by atoms with Crippen LogP contribution in [0.2, 0.25) is 0 Å². The van der Waals surface area contributed by atoms with Gasteiger partial charge in [0.2, 0.25) is 5.91 Å². The summed E-state index contributed by atoms with van der Waals surface area (Å²) in [5.41, 5.74) is 7.22.